The summed E-state index contributed by atoms with van der Waals surface area (Å²) in [5.74, 6) is 0.845. The molecule has 96 valence electrons. The van der Waals surface area contributed by atoms with Crippen molar-refractivity contribution in [2.75, 3.05) is 0 Å². The summed E-state index contributed by atoms with van der Waals surface area (Å²) >= 11 is 6.44. The van der Waals surface area contributed by atoms with Crippen LogP contribution in [-0.4, -0.2) is 0 Å². The normalized spacial score (nSPS) is 12.6. The first-order valence-electron chi connectivity index (χ1n) is 6.49. The van der Waals surface area contributed by atoms with Crippen LogP contribution in [0.3, 0.4) is 0 Å². The van der Waals surface area contributed by atoms with Crippen molar-refractivity contribution >= 4 is 11.6 Å². The van der Waals surface area contributed by atoms with Gasteiger partial charge in [0.2, 0.25) is 0 Å². The number of hydrogen-bond acceptors (Lipinski definition) is 1. The van der Waals surface area contributed by atoms with Crippen LogP contribution in [0, 0.1) is 6.92 Å². The third kappa shape index (κ3) is 2.97. The largest absolute Gasteiger partial charge is 0.467 e. The Hall–Kier alpha value is -1.21. The van der Waals surface area contributed by atoms with Gasteiger partial charge in [-0.3, -0.25) is 0 Å². The van der Waals surface area contributed by atoms with Gasteiger partial charge in [-0.1, -0.05) is 37.6 Å². The highest BCUT2D eigenvalue weighted by Crippen LogP contribution is 2.31. The zero-order valence-electron chi connectivity index (χ0n) is 10.9. The molecule has 1 aromatic carbocycles. The molecular formula is C16H19ClO. The topological polar surface area (TPSA) is 13.1 Å². The third-order valence-electron chi connectivity index (χ3n) is 3.22. The Bertz CT molecular complexity index is 484. The Labute approximate surface area is 114 Å². The summed E-state index contributed by atoms with van der Waals surface area (Å²) in [7, 11) is 0. The number of aryl methyl sites for hydroxylation is 2. The van der Waals surface area contributed by atoms with E-state index in [1.165, 1.54) is 18.4 Å². The first-order valence-corrected chi connectivity index (χ1v) is 6.93. The maximum Gasteiger partial charge on any atom is 0.128 e. The van der Waals surface area contributed by atoms with Gasteiger partial charge in [-0.25, -0.2) is 0 Å². The summed E-state index contributed by atoms with van der Waals surface area (Å²) in [4.78, 5) is 0. The minimum atomic E-state index is -0.194. The minimum absolute atomic E-state index is 0.194. The maximum atomic E-state index is 6.44. The molecule has 0 saturated carbocycles. The Morgan fingerprint density at radius 1 is 1.17 bits per heavy atom. The molecule has 0 aliphatic heterocycles. The van der Waals surface area contributed by atoms with E-state index in [9.17, 15) is 0 Å². The number of benzene rings is 1. The van der Waals surface area contributed by atoms with Crippen molar-refractivity contribution in [2.45, 2.75) is 38.5 Å². The fourth-order valence-corrected chi connectivity index (χ4v) is 2.40. The molecule has 0 aliphatic rings. The summed E-state index contributed by atoms with van der Waals surface area (Å²) in [5.41, 5.74) is 3.57. The molecular weight excluding hydrogens is 244 g/mol. The Balaban J connectivity index is 2.12. The quantitative estimate of drug-likeness (QED) is 0.670. The number of unbranched alkanes of at least 4 members (excludes halogenated alkanes) is 1. The second kappa shape index (κ2) is 6.10. The van der Waals surface area contributed by atoms with Crippen LogP contribution in [0.2, 0.25) is 0 Å². The van der Waals surface area contributed by atoms with Gasteiger partial charge >= 0.3 is 0 Å². The van der Waals surface area contributed by atoms with Gasteiger partial charge in [0.05, 0.1) is 6.26 Å². The van der Waals surface area contributed by atoms with Gasteiger partial charge in [0, 0.05) is 0 Å². The number of furan rings is 1. The summed E-state index contributed by atoms with van der Waals surface area (Å²) in [5, 5.41) is -0.194. The van der Waals surface area contributed by atoms with Gasteiger partial charge in [0.1, 0.15) is 11.1 Å². The number of rotatable bonds is 5. The first-order chi connectivity index (χ1) is 8.72. The number of hydrogen-bond donors (Lipinski definition) is 0. The van der Waals surface area contributed by atoms with Gasteiger partial charge in [-0.2, -0.15) is 0 Å². The second-order valence-corrected chi connectivity index (χ2v) is 5.11. The number of alkyl halides is 1. The lowest BCUT2D eigenvalue weighted by molar-refractivity contribution is 0.513. The first kappa shape index (κ1) is 13.2. The molecule has 0 radical (unpaired) electrons. The molecule has 0 amide bonds. The van der Waals surface area contributed by atoms with E-state index in [1.54, 1.807) is 6.26 Å². The van der Waals surface area contributed by atoms with Gasteiger partial charge < -0.3 is 4.42 Å². The van der Waals surface area contributed by atoms with E-state index in [1.807, 2.05) is 13.0 Å². The molecule has 0 bridgehead atoms. The van der Waals surface area contributed by atoms with Gasteiger partial charge in [0.15, 0.2) is 0 Å². The van der Waals surface area contributed by atoms with E-state index < -0.39 is 0 Å². The Morgan fingerprint density at radius 2 is 1.89 bits per heavy atom. The molecule has 0 spiro atoms. The van der Waals surface area contributed by atoms with E-state index in [0.717, 1.165) is 23.3 Å². The van der Waals surface area contributed by atoms with Crippen molar-refractivity contribution in [3.05, 3.63) is 59.0 Å². The minimum Gasteiger partial charge on any atom is -0.467 e. The maximum absolute atomic E-state index is 6.44. The Morgan fingerprint density at radius 3 is 2.44 bits per heavy atom. The van der Waals surface area contributed by atoms with Crippen LogP contribution in [0.25, 0.3) is 0 Å². The fourth-order valence-electron chi connectivity index (χ4n) is 2.03. The van der Waals surface area contributed by atoms with Crippen molar-refractivity contribution < 1.29 is 4.42 Å². The van der Waals surface area contributed by atoms with Crippen molar-refractivity contribution in [3.8, 4) is 0 Å². The number of halogens is 1. The van der Waals surface area contributed by atoms with Crippen LogP contribution in [0.4, 0.5) is 0 Å². The molecule has 18 heavy (non-hydrogen) atoms. The molecule has 0 saturated heterocycles. The second-order valence-electron chi connectivity index (χ2n) is 4.68. The van der Waals surface area contributed by atoms with E-state index in [-0.39, 0.29) is 5.38 Å². The smallest absolute Gasteiger partial charge is 0.128 e. The predicted molar refractivity (Wildman–Crippen MR) is 76.2 cm³/mol. The molecule has 1 heterocycles. The molecule has 1 aromatic heterocycles. The fraction of sp³-hybridized carbons (Fsp3) is 0.375. The lowest BCUT2D eigenvalue weighted by Crippen LogP contribution is -1.94. The highest BCUT2D eigenvalue weighted by molar-refractivity contribution is 6.22. The van der Waals surface area contributed by atoms with Crippen LogP contribution >= 0.6 is 11.6 Å². The highest BCUT2D eigenvalue weighted by Gasteiger charge is 2.16. The van der Waals surface area contributed by atoms with Gasteiger partial charge in [-0.15, -0.1) is 11.6 Å². The van der Waals surface area contributed by atoms with E-state index >= 15 is 0 Å². The standard InChI is InChI=1S/C16H19ClO/c1-3-4-5-13-6-8-14(9-7-13)15(17)16-12(2)10-11-18-16/h6-11,15H,3-5H2,1-2H3. The van der Waals surface area contributed by atoms with Crippen LogP contribution in [0.1, 0.15) is 47.6 Å². The van der Waals surface area contributed by atoms with Crippen LogP contribution in [0.5, 0.6) is 0 Å². The summed E-state index contributed by atoms with van der Waals surface area (Å²) in [6.07, 6.45) is 5.30. The van der Waals surface area contributed by atoms with E-state index in [2.05, 4.69) is 31.2 Å². The molecule has 2 heteroatoms. The molecule has 0 N–H and O–H groups in total. The zero-order chi connectivity index (χ0) is 13.0. The van der Waals surface area contributed by atoms with Crippen LogP contribution in [-0.2, 0) is 6.42 Å². The average molecular weight is 263 g/mol. The average Bonchev–Trinajstić information content (AvgIpc) is 2.82. The zero-order valence-corrected chi connectivity index (χ0v) is 11.7. The van der Waals surface area contributed by atoms with Gasteiger partial charge in [-0.05, 0) is 42.5 Å². The molecule has 0 fully saturated rings. The molecule has 2 aromatic rings. The predicted octanol–water partition coefficient (Wildman–Crippen LogP) is 5.26. The van der Waals surface area contributed by atoms with Gasteiger partial charge in [0.25, 0.3) is 0 Å². The van der Waals surface area contributed by atoms with Crippen molar-refractivity contribution in [1.82, 2.24) is 0 Å². The monoisotopic (exact) mass is 262 g/mol. The van der Waals surface area contributed by atoms with Crippen LogP contribution in [0.15, 0.2) is 41.0 Å². The Kier molecular flexibility index (Phi) is 4.48. The lowest BCUT2D eigenvalue weighted by Gasteiger charge is -2.09. The van der Waals surface area contributed by atoms with Crippen LogP contribution < -0.4 is 0 Å². The van der Waals surface area contributed by atoms with Crippen molar-refractivity contribution in [3.63, 3.8) is 0 Å². The van der Waals surface area contributed by atoms with E-state index in [4.69, 9.17) is 16.0 Å². The molecule has 1 unspecified atom stereocenters. The molecule has 2 rings (SSSR count). The summed E-state index contributed by atoms with van der Waals surface area (Å²) < 4.78 is 5.44. The molecule has 1 atom stereocenters. The summed E-state index contributed by atoms with van der Waals surface area (Å²) in [6, 6.07) is 10.5. The van der Waals surface area contributed by atoms with Crippen molar-refractivity contribution in [1.29, 1.82) is 0 Å². The lowest BCUT2D eigenvalue weighted by atomic mass is 10.0. The van der Waals surface area contributed by atoms with Crippen molar-refractivity contribution in [2.24, 2.45) is 0 Å². The van der Waals surface area contributed by atoms with E-state index in [0.29, 0.717) is 0 Å². The molecule has 1 nitrogen and oxygen atoms in total. The third-order valence-corrected chi connectivity index (χ3v) is 3.67. The summed E-state index contributed by atoms with van der Waals surface area (Å²) in [6.45, 7) is 4.23. The SMILES string of the molecule is CCCCc1ccc(C(Cl)c2occc2C)cc1. The highest BCUT2D eigenvalue weighted by atomic mass is 35.5. The molecule has 0 aliphatic carbocycles.